The zero-order chi connectivity index (χ0) is 30.0. The Balaban J connectivity index is 0.00000178. The van der Waals surface area contributed by atoms with E-state index in [1.807, 2.05) is 58.0 Å². The van der Waals surface area contributed by atoms with E-state index < -0.39 is 0 Å². The smallest absolute Gasteiger partial charge is 0.165 e. The Kier molecular flexibility index (Phi) is 13.2. The van der Waals surface area contributed by atoms with Crippen LogP contribution in [0.1, 0.15) is 125 Å². The molecule has 4 nitrogen and oxygen atoms in total. The van der Waals surface area contributed by atoms with Crippen LogP contribution >= 0.6 is 0 Å². The number of carbonyl (C=O) groups excluding carboxylic acids is 4. The summed E-state index contributed by atoms with van der Waals surface area (Å²) in [7, 11) is 0. The maximum atomic E-state index is 13.5. The van der Waals surface area contributed by atoms with Crippen molar-refractivity contribution in [3.05, 3.63) is 58.7 Å². The van der Waals surface area contributed by atoms with Gasteiger partial charge in [-0.1, -0.05) is 91.1 Å². The van der Waals surface area contributed by atoms with Crippen LogP contribution in [0, 0.1) is 30.6 Å². The van der Waals surface area contributed by atoms with Gasteiger partial charge in [-0.25, -0.2) is 0 Å². The second-order valence-electron chi connectivity index (χ2n) is 11.9. The van der Waals surface area contributed by atoms with Gasteiger partial charge < -0.3 is 0 Å². The number of hydrogen-bond donors (Lipinski definition) is 0. The van der Waals surface area contributed by atoms with E-state index in [2.05, 4.69) is 26.8 Å². The molecule has 1 aliphatic carbocycles. The predicted molar refractivity (Wildman–Crippen MR) is 165 cm³/mol. The highest BCUT2D eigenvalue weighted by Gasteiger charge is 2.34. The monoisotopic (exact) mass is 546 g/mol. The Morgan fingerprint density at radius 3 is 2.23 bits per heavy atom. The first-order valence-corrected chi connectivity index (χ1v) is 15.3. The molecule has 3 unspecified atom stereocenters. The number of Topliss-reactive ketones (excluding diaryl/α,β-unsaturated/α-hetero) is 4. The molecule has 0 saturated carbocycles. The van der Waals surface area contributed by atoms with Gasteiger partial charge in [-0.3, -0.25) is 19.2 Å². The number of aryl methyl sites for hydroxylation is 1. The van der Waals surface area contributed by atoms with E-state index in [9.17, 15) is 19.2 Å². The summed E-state index contributed by atoms with van der Waals surface area (Å²) in [4.78, 5) is 50.7. The van der Waals surface area contributed by atoms with E-state index >= 15 is 0 Å². The highest BCUT2D eigenvalue weighted by atomic mass is 16.1. The van der Waals surface area contributed by atoms with Gasteiger partial charge in [0.2, 0.25) is 0 Å². The zero-order valence-corrected chi connectivity index (χ0v) is 26.1. The molecule has 3 rings (SSSR count). The standard InChI is InChI=1S/C33H42O4.C3H8/c1-7-10-24(27(8-2)30(35)15-22(6)34)16-23-17-29-28(14-13-21(5)32(29)31(36)18-23)25-11-9-12-26(19-25)33(37)20(3)4;1-3-2/h9,11-14,19-20,23-24,27H,7-8,10,15-18H2,1-6H3;3H2,1-2H3. The van der Waals surface area contributed by atoms with Crippen LogP contribution in [-0.4, -0.2) is 23.1 Å². The van der Waals surface area contributed by atoms with Gasteiger partial charge in [0.25, 0.3) is 0 Å². The Morgan fingerprint density at radius 2 is 1.65 bits per heavy atom. The van der Waals surface area contributed by atoms with E-state index in [4.69, 9.17) is 0 Å². The van der Waals surface area contributed by atoms with Crippen LogP contribution in [0.25, 0.3) is 11.1 Å². The van der Waals surface area contributed by atoms with Crippen molar-refractivity contribution in [1.29, 1.82) is 0 Å². The molecule has 0 amide bonds. The summed E-state index contributed by atoms with van der Waals surface area (Å²) in [6, 6.07) is 11.8. The summed E-state index contributed by atoms with van der Waals surface area (Å²) in [5.74, 6) is 0.325. The lowest BCUT2D eigenvalue weighted by molar-refractivity contribution is -0.129. The third kappa shape index (κ3) is 8.56. The fourth-order valence-electron chi connectivity index (χ4n) is 6.18. The first kappa shape index (κ1) is 33.3. The molecule has 2 aromatic rings. The van der Waals surface area contributed by atoms with Crippen molar-refractivity contribution in [2.24, 2.45) is 23.7 Å². The van der Waals surface area contributed by atoms with Gasteiger partial charge in [0.05, 0.1) is 6.42 Å². The van der Waals surface area contributed by atoms with E-state index in [0.29, 0.717) is 12.0 Å². The number of fused-ring (bicyclic) bond motifs is 1. The minimum Gasteiger partial charge on any atom is -0.300 e. The zero-order valence-electron chi connectivity index (χ0n) is 26.1. The summed E-state index contributed by atoms with van der Waals surface area (Å²) >= 11 is 0. The lowest BCUT2D eigenvalue weighted by Gasteiger charge is -2.32. The van der Waals surface area contributed by atoms with E-state index in [-0.39, 0.29) is 53.2 Å². The van der Waals surface area contributed by atoms with Crippen molar-refractivity contribution in [2.75, 3.05) is 0 Å². The molecule has 3 atom stereocenters. The van der Waals surface area contributed by atoms with Gasteiger partial charge in [-0.15, -0.1) is 0 Å². The van der Waals surface area contributed by atoms with E-state index in [1.54, 1.807) is 0 Å². The SMILES string of the molecule is CCC.CCCC(CC1CC(=O)c2c(C)ccc(-c3cccc(C(=O)C(C)C)c3)c2C1)C(CC)C(=O)CC(C)=O. The van der Waals surface area contributed by atoms with Gasteiger partial charge in [-0.2, -0.15) is 0 Å². The maximum absolute atomic E-state index is 13.5. The summed E-state index contributed by atoms with van der Waals surface area (Å²) in [6.45, 7) is 15.7. The summed E-state index contributed by atoms with van der Waals surface area (Å²) < 4.78 is 0. The highest BCUT2D eigenvalue weighted by Crippen LogP contribution is 2.40. The molecule has 40 heavy (non-hydrogen) atoms. The molecule has 1 aliphatic rings. The van der Waals surface area contributed by atoms with Gasteiger partial charge >= 0.3 is 0 Å². The number of rotatable bonds is 12. The lowest BCUT2D eigenvalue weighted by Crippen LogP contribution is -2.30. The number of carbonyl (C=O) groups is 4. The van der Waals surface area contributed by atoms with Crippen LogP contribution in [0.3, 0.4) is 0 Å². The largest absolute Gasteiger partial charge is 0.300 e. The second-order valence-corrected chi connectivity index (χ2v) is 11.9. The molecule has 218 valence electrons. The van der Waals surface area contributed by atoms with Crippen LogP contribution in [0.4, 0.5) is 0 Å². The third-order valence-electron chi connectivity index (χ3n) is 7.89. The highest BCUT2D eigenvalue weighted by molar-refractivity contribution is 6.03. The molecule has 0 radical (unpaired) electrons. The molecular formula is C36H50O4. The minimum atomic E-state index is -0.143. The van der Waals surface area contributed by atoms with Crippen molar-refractivity contribution in [1.82, 2.24) is 0 Å². The molecule has 0 saturated heterocycles. The fraction of sp³-hybridized carbons (Fsp3) is 0.556. The molecule has 0 N–H and O–H groups in total. The summed E-state index contributed by atoms with van der Waals surface area (Å²) in [6.07, 6.45) is 5.92. The van der Waals surface area contributed by atoms with E-state index in [1.165, 1.54) is 13.3 Å². The summed E-state index contributed by atoms with van der Waals surface area (Å²) in [5, 5.41) is 0. The van der Waals surface area contributed by atoms with Crippen LogP contribution in [0.2, 0.25) is 0 Å². The van der Waals surface area contributed by atoms with Crippen molar-refractivity contribution in [2.45, 2.75) is 107 Å². The average Bonchev–Trinajstić information content (AvgIpc) is 2.88. The number of ketones is 4. The second kappa shape index (κ2) is 15.8. The molecule has 0 spiro atoms. The fourth-order valence-corrected chi connectivity index (χ4v) is 6.18. The van der Waals surface area contributed by atoms with Gasteiger partial charge in [0.1, 0.15) is 11.6 Å². The molecule has 0 aromatic heterocycles. The molecule has 0 heterocycles. The van der Waals surface area contributed by atoms with Crippen molar-refractivity contribution >= 4 is 23.1 Å². The lowest BCUT2D eigenvalue weighted by atomic mass is 9.71. The normalized spacial score (nSPS) is 16.0. The average molecular weight is 547 g/mol. The molecule has 2 aromatic carbocycles. The molecular weight excluding hydrogens is 496 g/mol. The van der Waals surface area contributed by atoms with Crippen LogP contribution < -0.4 is 0 Å². The molecule has 0 aliphatic heterocycles. The van der Waals surface area contributed by atoms with Crippen LogP contribution in [-0.2, 0) is 16.0 Å². The first-order valence-electron chi connectivity index (χ1n) is 15.3. The number of hydrogen-bond acceptors (Lipinski definition) is 4. The van der Waals surface area contributed by atoms with Gasteiger partial charge in [0, 0.05) is 29.4 Å². The van der Waals surface area contributed by atoms with Crippen LogP contribution in [0.15, 0.2) is 36.4 Å². The topological polar surface area (TPSA) is 68.3 Å². The first-order chi connectivity index (χ1) is 19.0. The maximum Gasteiger partial charge on any atom is 0.165 e. The summed E-state index contributed by atoms with van der Waals surface area (Å²) in [5.41, 5.74) is 5.55. The van der Waals surface area contributed by atoms with E-state index in [0.717, 1.165) is 59.9 Å². The predicted octanol–water partition coefficient (Wildman–Crippen LogP) is 9.04. The van der Waals surface area contributed by atoms with Gasteiger partial charge in [-0.05, 0) is 73.3 Å². The minimum absolute atomic E-state index is 0.0000672. The number of benzene rings is 2. The van der Waals surface area contributed by atoms with Crippen LogP contribution in [0.5, 0.6) is 0 Å². The van der Waals surface area contributed by atoms with Crippen molar-refractivity contribution in [3.63, 3.8) is 0 Å². The molecule has 0 fully saturated rings. The van der Waals surface area contributed by atoms with Crippen molar-refractivity contribution in [3.8, 4) is 11.1 Å². The Bertz CT molecular complexity index is 1190. The van der Waals surface area contributed by atoms with Crippen molar-refractivity contribution < 1.29 is 19.2 Å². The Labute approximate surface area is 242 Å². The quantitative estimate of drug-likeness (QED) is 0.197. The molecule has 4 heteroatoms. The molecule has 0 bridgehead atoms. The third-order valence-corrected chi connectivity index (χ3v) is 7.89. The Morgan fingerprint density at radius 1 is 0.975 bits per heavy atom. The van der Waals surface area contributed by atoms with Gasteiger partial charge in [0.15, 0.2) is 11.6 Å². The Hall–Kier alpha value is -2.88.